The highest BCUT2D eigenvalue weighted by atomic mass is 79.9. The fourth-order valence-electron chi connectivity index (χ4n) is 2.08. The highest BCUT2D eigenvalue weighted by molar-refractivity contribution is 9.10. The van der Waals surface area contributed by atoms with Crippen molar-refractivity contribution in [3.05, 3.63) is 27.4 Å². The Hall–Kier alpha value is -1.49. The molecule has 0 bridgehead atoms. The molecule has 0 amide bonds. The summed E-state index contributed by atoms with van der Waals surface area (Å²) >= 11 is 3.55. The summed E-state index contributed by atoms with van der Waals surface area (Å²) in [6, 6.07) is 2.01. The predicted octanol–water partition coefficient (Wildman–Crippen LogP) is 2.84. The van der Waals surface area contributed by atoms with Crippen molar-refractivity contribution >= 4 is 38.5 Å². The number of aromatic nitrogens is 1. The summed E-state index contributed by atoms with van der Waals surface area (Å²) in [5.74, 6) is -0.273. The van der Waals surface area contributed by atoms with E-state index in [-0.39, 0.29) is 12.4 Å². The number of hydrogen-bond donors (Lipinski definition) is 2. The first-order chi connectivity index (χ1) is 8.45. The van der Waals surface area contributed by atoms with E-state index in [2.05, 4.69) is 20.9 Å². The first kappa shape index (κ1) is 13.0. The summed E-state index contributed by atoms with van der Waals surface area (Å²) in [5, 5.41) is 0.995. The average Bonchev–Trinajstić information content (AvgIpc) is 2.74. The maximum absolute atomic E-state index is 11.4. The maximum Gasteiger partial charge on any atom is 0.310 e. The van der Waals surface area contributed by atoms with E-state index in [1.165, 1.54) is 7.11 Å². The number of rotatable bonds is 2. The zero-order chi connectivity index (χ0) is 13.4. The quantitative estimate of drug-likeness (QED) is 0.662. The number of fused-ring (bicyclic) bond motifs is 1. The number of methoxy groups -OCH3 is 1. The molecule has 0 aliphatic heterocycles. The lowest BCUT2D eigenvalue weighted by Gasteiger charge is -2.12. The predicted molar refractivity (Wildman–Crippen MR) is 75.6 cm³/mol. The molecule has 0 fully saturated rings. The van der Waals surface area contributed by atoms with Crippen molar-refractivity contribution in [1.29, 1.82) is 0 Å². The average molecular weight is 311 g/mol. The number of benzene rings is 1. The van der Waals surface area contributed by atoms with E-state index in [0.29, 0.717) is 5.69 Å². The lowest BCUT2D eigenvalue weighted by Crippen LogP contribution is -2.08. The standard InChI is InChI=1S/C13H15BrN2O2/c1-6-4-9-11(14)8(5-10(17)18-3)7(2)12(15)13(9)16-6/h4,16H,5,15H2,1-3H3. The van der Waals surface area contributed by atoms with Gasteiger partial charge < -0.3 is 15.5 Å². The highest BCUT2D eigenvalue weighted by Crippen LogP contribution is 2.36. The summed E-state index contributed by atoms with van der Waals surface area (Å²) in [6.07, 6.45) is 0.216. The molecule has 2 aromatic rings. The molecule has 1 heterocycles. The Morgan fingerprint density at radius 3 is 2.78 bits per heavy atom. The molecular weight excluding hydrogens is 296 g/mol. The Bertz CT molecular complexity index is 632. The summed E-state index contributed by atoms with van der Waals surface area (Å²) in [7, 11) is 1.38. The van der Waals surface area contributed by atoms with E-state index in [4.69, 9.17) is 10.5 Å². The summed E-state index contributed by atoms with van der Waals surface area (Å²) in [4.78, 5) is 14.7. The second-order valence-corrected chi connectivity index (χ2v) is 5.12. The van der Waals surface area contributed by atoms with Gasteiger partial charge in [0.1, 0.15) is 0 Å². The number of ether oxygens (including phenoxy) is 1. The van der Waals surface area contributed by atoms with Gasteiger partial charge in [0, 0.05) is 15.6 Å². The molecule has 0 saturated heterocycles. The molecule has 0 radical (unpaired) electrons. The molecule has 5 heteroatoms. The third kappa shape index (κ3) is 1.99. The molecule has 0 aliphatic carbocycles. The van der Waals surface area contributed by atoms with E-state index in [9.17, 15) is 4.79 Å². The topological polar surface area (TPSA) is 68.1 Å². The molecule has 2 rings (SSSR count). The monoisotopic (exact) mass is 310 g/mol. The molecule has 0 spiro atoms. The Balaban J connectivity index is 2.69. The normalized spacial score (nSPS) is 10.9. The van der Waals surface area contributed by atoms with Gasteiger partial charge in [0.2, 0.25) is 0 Å². The molecule has 0 saturated carbocycles. The van der Waals surface area contributed by atoms with Crippen LogP contribution in [-0.2, 0) is 16.0 Å². The Morgan fingerprint density at radius 2 is 2.17 bits per heavy atom. The molecule has 1 aromatic heterocycles. The second-order valence-electron chi connectivity index (χ2n) is 4.33. The Kier molecular flexibility index (Phi) is 3.34. The number of carbonyl (C=O) groups excluding carboxylic acids is 1. The van der Waals surface area contributed by atoms with Gasteiger partial charge in [0.25, 0.3) is 0 Å². The minimum atomic E-state index is -0.273. The SMILES string of the molecule is COC(=O)Cc1c(C)c(N)c2[nH]c(C)cc2c1Br. The molecule has 0 atom stereocenters. The number of halogens is 1. The first-order valence-electron chi connectivity index (χ1n) is 5.58. The van der Waals surface area contributed by atoms with Crippen LogP contribution in [0.3, 0.4) is 0 Å². The first-order valence-corrected chi connectivity index (χ1v) is 6.37. The molecule has 0 unspecified atom stereocenters. The van der Waals surface area contributed by atoms with Gasteiger partial charge in [-0.25, -0.2) is 0 Å². The summed E-state index contributed by atoms with van der Waals surface area (Å²) in [6.45, 7) is 3.88. The molecule has 18 heavy (non-hydrogen) atoms. The van der Waals surface area contributed by atoms with Crippen LogP contribution in [0.25, 0.3) is 10.9 Å². The van der Waals surface area contributed by atoms with Gasteiger partial charge in [-0.2, -0.15) is 0 Å². The van der Waals surface area contributed by atoms with Crippen LogP contribution in [0.15, 0.2) is 10.5 Å². The van der Waals surface area contributed by atoms with Gasteiger partial charge in [-0.05, 0) is 47.0 Å². The van der Waals surface area contributed by atoms with Crippen molar-refractivity contribution in [2.24, 2.45) is 0 Å². The largest absolute Gasteiger partial charge is 0.469 e. The third-order valence-corrected chi connectivity index (χ3v) is 4.03. The third-order valence-electron chi connectivity index (χ3n) is 3.13. The van der Waals surface area contributed by atoms with Crippen LogP contribution in [0.4, 0.5) is 5.69 Å². The van der Waals surface area contributed by atoms with Crippen LogP contribution in [0.5, 0.6) is 0 Å². The number of carbonyl (C=O) groups is 1. The number of nitrogen functional groups attached to an aromatic ring is 1. The fraction of sp³-hybridized carbons (Fsp3) is 0.308. The van der Waals surface area contributed by atoms with Gasteiger partial charge in [-0.3, -0.25) is 4.79 Å². The van der Waals surface area contributed by atoms with Crippen LogP contribution in [0.2, 0.25) is 0 Å². The lowest BCUT2D eigenvalue weighted by molar-refractivity contribution is -0.139. The van der Waals surface area contributed by atoms with Crippen molar-refractivity contribution in [2.75, 3.05) is 12.8 Å². The van der Waals surface area contributed by atoms with Crippen molar-refractivity contribution in [3.63, 3.8) is 0 Å². The zero-order valence-electron chi connectivity index (χ0n) is 10.6. The molecular formula is C13H15BrN2O2. The van der Waals surface area contributed by atoms with Gasteiger partial charge in [-0.15, -0.1) is 0 Å². The highest BCUT2D eigenvalue weighted by Gasteiger charge is 2.17. The minimum absolute atomic E-state index is 0.216. The van der Waals surface area contributed by atoms with Crippen molar-refractivity contribution < 1.29 is 9.53 Å². The van der Waals surface area contributed by atoms with Crippen molar-refractivity contribution in [3.8, 4) is 0 Å². The number of nitrogens with one attached hydrogen (secondary N) is 1. The Labute approximate surface area is 114 Å². The Morgan fingerprint density at radius 1 is 1.50 bits per heavy atom. The van der Waals surface area contributed by atoms with E-state index >= 15 is 0 Å². The number of nitrogens with two attached hydrogens (primary N) is 1. The fourth-order valence-corrected chi connectivity index (χ4v) is 2.83. The van der Waals surface area contributed by atoms with Gasteiger partial charge >= 0.3 is 5.97 Å². The van der Waals surface area contributed by atoms with E-state index in [1.807, 2.05) is 19.9 Å². The maximum atomic E-state index is 11.4. The second kappa shape index (κ2) is 4.65. The summed E-state index contributed by atoms with van der Waals surface area (Å²) < 4.78 is 5.61. The number of aryl methyl sites for hydroxylation is 1. The number of hydrogen-bond acceptors (Lipinski definition) is 3. The van der Waals surface area contributed by atoms with Gasteiger partial charge in [-0.1, -0.05) is 0 Å². The zero-order valence-corrected chi connectivity index (χ0v) is 12.1. The molecule has 3 N–H and O–H groups in total. The van der Waals surface area contributed by atoms with Crippen LogP contribution in [0.1, 0.15) is 16.8 Å². The minimum Gasteiger partial charge on any atom is -0.469 e. The smallest absolute Gasteiger partial charge is 0.310 e. The van der Waals surface area contributed by atoms with Crippen molar-refractivity contribution in [1.82, 2.24) is 4.98 Å². The molecule has 4 nitrogen and oxygen atoms in total. The number of H-pyrrole nitrogens is 1. The van der Waals surface area contributed by atoms with Crippen LogP contribution in [-0.4, -0.2) is 18.1 Å². The van der Waals surface area contributed by atoms with Gasteiger partial charge in [0.05, 0.1) is 24.7 Å². The number of anilines is 1. The van der Waals surface area contributed by atoms with E-state index in [1.54, 1.807) is 0 Å². The molecule has 1 aromatic carbocycles. The number of aromatic amines is 1. The van der Waals surface area contributed by atoms with Crippen molar-refractivity contribution in [2.45, 2.75) is 20.3 Å². The van der Waals surface area contributed by atoms with Crippen LogP contribution in [0, 0.1) is 13.8 Å². The summed E-state index contributed by atoms with van der Waals surface area (Å²) in [5.41, 5.74) is 10.5. The number of esters is 1. The molecule has 96 valence electrons. The van der Waals surface area contributed by atoms with Gasteiger partial charge in [0.15, 0.2) is 0 Å². The lowest BCUT2D eigenvalue weighted by atomic mass is 10.0. The van der Waals surface area contributed by atoms with E-state index in [0.717, 1.165) is 32.2 Å². The molecule has 0 aliphatic rings. The van der Waals surface area contributed by atoms with Crippen LogP contribution >= 0.6 is 15.9 Å². The van der Waals surface area contributed by atoms with Crippen LogP contribution < -0.4 is 5.73 Å². The van der Waals surface area contributed by atoms with E-state index < -0.39 is 0 Å².